The van der Waals surface area contributed by atoms with Gasteiger partial charge in [0.25, 0.3) is 0 Å². The van der Waals surface area contributed by atoms with Gasteiger partial charge < -0.3 is 10.5 Å². The van der Waals surface area contributed by atoms with Gasteiger partial charge in [0.2, 0.25) is 0 Å². The van der Waals surface area contributed by atoms with E-state index in [9.17, 15) is 0 Å². The van der Waals surface area contributed by atoms with Crippen molar-refractivity contribution in [1.82, 2.24) is 15.1 Å². The largest absolute Gasteiger partial charge is 0.379 e. The van der Waals surface area contributed by atoms with Crippen LogP contribution in [-0.2, 0) is 4.74 Å². The predicted molar refractivity (Wildman–Crippen MR) is 52.8 cm³/mol. The van der Waals surface area contributed by atoms with E-state index in [1.54, 1.807) is 0 Å². The second kappa shape index (κ2) is 4.54. The Kier molecular flexibility index (Phi) is 3.13. The fraction of sp³-hybridized carbons (Fsp3) is 0.667. The Morgan fingerprint density at radius 3 is 2.93 bits per heavy atom. The van der Waals surface area contributed by atoms with Crippen molar-refractivity contribution in [2.45, 2.75) is 6.04 Å². The molecule has 1 aromatic rings. The van der Waals surface area contributed by atoms with Crippen molar-refractivity contribution in [1.29, 1.82) is 0 Å². The third-order valence-corrected chi connectivity index (χ3v) is 2.61. The summed E-state index contributed by atoms with van der Waals surface area (Å²) in [5.74, 6) is 0. The van der Waals surface area contributed by atoms with Gasteiger partial charge in [-0.1, -0.05) is 0 Å². The first-order valence-electron chi connectivity index (χ1n) is 4.92. The summed E-state index contributed by atoms with van der Waals surface area (Å²) in [6.45, 7) is 4.13. The number of ether oxygens (including phenoxy) is 1. The third kappa shape index (κ3) is 1.95. The molecule has 2 rings (SSSR count). The molecule has 2 heterocycles. The summed E-state index contributed by atoms with van der Waals surface area (Å²) < 4.78 is 5.31. The average molecular weight is 196 g/mol. The molecule has 1 saturated heterocycles. The highest BCUT2D eigenvalue weighted by atomic mass is 16.5. The molecular weight excluding hydrogens is 180 g/mol. The lowest BCUT2D eigenvalue weighted by Gasteiger charge is -2.33. The Morgan fingerprint density at radius 2 is 2.36 bits per heavy atom. The van der Waals surface area contributed by atoms with Gasteiger partial charge in [-0.2, -0.15) is 5.10 Å². The molecule has 3 N–H and O–H groups in total. The molecule has 14 heavy (non-hydrogen) atoms. The van der Waals surface area contributed by atoms with Gasteiger partial charge in [0.15, 0.2) is 0 Å². The van der Waals surface area contributed by atoms with E-state index in [0.717, 1.165) is 31.9 Å². The van der Waals surface area contributed by atoms with Crippen molar-refractivity contribution in [2.75, 3.05) is 32.8 Å². The van der Waals surface area contributed by atoms with Crippen LogP contribution in [0.4, 0.5) is 0 Å². The van der Waals surface area contributed by atoms with Crippen molar-refractivity contribution >= 4 is 0 Å². The second-order valence-corrected chi connectivity index (χ2v) is 3.43. The van der Waals surface area contributed by atoms with E-state index >= 15 is 0 Å². The SMILES string of the molecule is NCC(c1cn[nH]c1)N1CCOCC1. The molecule has 0 bridgehead atoms. The highest BCUT2D eigenvalue weighted by molar-refractivity contribution is 5.10. The van der Waals surface area contributed by atoms with E-state index in [4.69, 9.17) is 10.5 Å². The Morgan fingerprint density at radius 1 is 1.57 bits per heavy atom. The summed E-state index contributed by atoms with van der Waals surface area (Å²) in [4.78, 5) is 2.34. The standard InChI is InChI=1S/C9H16N4O/c10-5-9(8-6-11-12-7-8)13-1-3-14-4-2-13/h6-7,9H,1-5,10H2,(H,11,12). The van der Waals surface area contributed by atoms with Crippen LogP contribution >= 0.6 is 0 Å². The smallest absolute Gasteiger partial charge is 0.0594 e. The van der Waals surface area contributed by atoms with E-state index in [2.05, 4.69) is 15.1 Å². The number of morpholine rings is 1. The minimum absolute atomic E-state index is 0.276. The average Bonchev–Trinajstić information content (AvgIpc) is 2.74. The monoisotopic (exact) mass is 196 g/mol. The maximum Gasteiger partial charge on any atom is 0.0594 e. The molecule has 5 heteroatoms. The van der Waals surface area contributed by atoms with E-state index in [-0.39, 0.29) is 6.04 Å². The topological polar surface area (TPSA) is 67.2 Å². The van der Waals surface area contributed by atoms with Crippen LogP contribution in [0.25, 0.3) is 0 Å². The summed E-state index contributed by atoms with van der Waals surface area (Å²) in [5, 5.41) is 6.77. The molecule has 0 aromatic carbocycles. The molecule has 1 fully saturated rings. The van der Waals surface area contributed by atoms with Crippen LogP contribution in [0.1, 0.15) is 11.6 Å². The molecule has 1 aliphatic rings. The molecule has 1 unspecified atom stereocenters. The predicted octanol–water partition coefficient (Wildman–Crippen LogP) is -0.258. The minimum Gasteiger partial charge on any atom is -0.379 e. The van der Waals surface area contributed by atoms with Gasteiger partial charge >= 0.3 is 0 Å². The molecule has 1 aromatic heterocycles. The van der Waals surface area contributed by atoms with Gasteiger partial charge in [-0.05, 0) is 0 Å². The molecule has 0 amide bonds. The van der Waals surface area contributed by atoms with Crippen LogP contribution in [-0.4, -0.2) is 47.9 Å². The fourth-order valence-corrected chi connectivity index (χ4v) is 1.83. The maximum atomic E-state index is 5.77. The number of nitrogens with zero attached hydrogens (tertiary/aromatic N) is 2. The highest BCUT2D eigenvalue weighted by Gasteiger charge is 2.21. The zero-order valence-electron chi connectivity index (χ0n) is 8.15. The Hall–Kier alpha value is -0.910. The molecule has 1 atom stereocenters. The van der Waals surface area contributed by atoms with Crippen LogP contribution in [0.3, 0.4) is 0 Å². The van der Waals surface area contributed by atoms with Crippen molar-refractivity contribution in [3.8, 4) is 0 Å². The Bertz CT molecular complexity index is 256. The molecule has 5 nitrogen and oxygen atoms in total. The van der Waals surface area contributed by atoms with Gasteiger partial charge in [-0.15, -0.1) is 0 Å². The van der Waals surface area contributed by atoms with Crippen LogP contribution < -0.4 is 5.73 Å². The van der Waals surface area contributed by atoms with Crippen LogP contribution in [0, 0.1) is 0 Å². The first-order valence-corrected chi connectivity index (χ1v) is 4.92. The summed E-state index contributed by atoms with van der Waals surface area (Å²) in [5.41, 5.74) is 6.93. The van der Waals surface area contributed by atoms with Gasteiger partial charge in [0.05, 0.1) is 25.5 Å². The van der Waals surface area contributed by atoms with Crippen molar-refractivity contribution < 1.29 is 4.74 Å². The molecule has 1 aliphatic heterocycles. The number of aromatic amines is 1. The van der Waals surface area contributed by atoms with E-state index < -0.39 is 0 Å². The third-order valence-electron chi connectivity index (χ3n) is 2.61. The normalized spacial score (nSPS) is 20.9. The summed E-state index contributed by atoms with van der Waals surface area (Å²) in [6.07, 6.45) is 3.75. The summed E-state index contributed by atoms with van der Waals surface area (Å²) in [6, 6.07) is 0.276. The maximum absolute atomic E-state index is 5.77. The van der Waals surface area contributed by atoms with E-state index in [1.807, 2.05) is 12.4 Å². The fourth-order valence-electron chi connectivity index (χ4n) is 1.83. The van der Waals surface area contributed by atoms with Crippen molar-refractivity contribution in [2.24, 2.45) is 5.73 Å². The number of hydrogen-bond donors (Lipinski definition) is 2. The van der Waals surface area contributed by atoms with Crippen LogP contribution in [0.2, 0.25) is 0 Å². The Labute approximate surface area is 83.2 Å². The molecule has 0 saturated carbocycles. The van der Waals surface area contributed by atoms with E-state index in [1.165, 1.54) is 0 Å². The van der Waals surface area contributed by atoms with Crippen molar-refractivity contribution in [3.63, 3.8) is 0 Å². The zero-order chi connectivity index (χ0) is 9.80. The van der Waals surface area contributed by atoms with Crippen LogP contribution in [0.5, 0.6) is 0 Å². The number of aromatic nitrogens is 2. The molecular formula is C9H16N4O. The van der Waals surface area contributed by atoms with Gasteiger partial charge in [-0.3, -0.25) is 10.00 Å². The van der Waals surface area contributed by atoms with Gasteiger partial charge in [-0.25, -0.2) is 0 Å². The lowest BCUT2D eigenvalue weighted by molar-refractivity contribution is 0.0179. The van der Waals surface area contributed by atoms with Crippen LogP contribution in [0.15, 0.2) is 12.4 Å². The molecule has 0 aliphatic carbocycles. The van der Waals surface area contributed by atoms with Gasteiger partial charge in [0, 0.05) is 31.4 Å². The quantitative estimate of drug-likeness (QED) is 0.699. The number of rotatable bonds is 3. The van der Waals surface area contributed by atoms with E-state index in [0.29, 0.717) is 6.54 Å². The number of H-pyrrole nitrogens is 1. The van der Waals surface area contributed by atoms with Crippen molar-refractivity contribution in [3.05, 3.63) is 18.0 Å². The minimum atomic E-state index is 0.276. The lowest BCUT2D eigenvalue weighted by Crippen LogP contribution is -2.41. The molecule has 78 valence electrons. The summed E-state index contributed by atoms with van der Waals surface area (Å²) in [7, 11) is 0. The first-order chi connectivity index (χ1) is 6.92. The molecule has 0 spiro atoms. The Balaban J connectivity index is 2.04. The highest BCUT2D eigenvalue weighted by Crippen LogP contribution is 2.18. The first kappa shape index (κ1) is 9.64. The number of hydrogen-bond acceptors (Lipinski definition) is 4. The van der Waals surface area contributed by atoms with Gasteiger partial charge in [0.1, 0.15) is 0 Å². The molecule has 0 radical (unpaired) electrons. The number of nitrogens with one attached hydrogen (secondary N) is 1. The number of nitrogens with two attached hydrogens (primary N) is 1. The second-order valence-electron chi connectivity index (χ2n) is 3.43. The zero-order valence-corrected chi connectivity index (χ0v) is 8.15. The lowest BCUT2D eigenvalue weighted by atomic mass is 10.1. The summed E-state index contributed by atoms with van der Waals surface area (Å²) >= 11 is 0.